The highest BCUT2D eigenvalue weighted by Gasteiger charge is 2.31. The van der Waals surface area contributed by atoms with Crippen LogP contribution in [0, 0.1) is 13.8 Å². The molecule has 0 fully saturated rings. The average molecular weight is 519 g/mol. The third kappa shape index (κ3) is 7.77. The quantitative estimate of drug-likeness (QED) is 0.496. The van der Waals surface area contributed by atoms with Crippen molar-refractivity contribution in [3.8, 4) is 11.5 Å². The van der Waals surface area contributed by atoms with Crippen molar-refractivity contribution in [2.24, 2.45) is 0 Å². The number of nitrogens with one attached hydrogen (secondary N) is 1. The third-order valence-corrected chi connectivity index (χ3v) is 6.39. The van der Waals surface area contributed by atoms with E-state index in [1.165, 1.54) is 0 Å². The lowest BCUT2D eigenvalue weighted by molar-refractivity contribution is -0.143. The van der Waals surface area contributed by atoms with Crippen LogP contribution in [0.5, 0.6) is 11.5 Å². The molecule has 180 valence electrons. The molecular formula is C26H35BrN2O4. The van der Waals surface area contributed by atoms with E-state index in [0.29, 0.717) is 17.9 Å². The maximum absolute atomic E-state index is 13.4. The average Bonchev–Trinajstić information content (AvgIpc) is 2.74. The molecule has 2 aromatic rings. The van der Waals surface area contributed by atoms with Gasteiger partial charge in [-0.2, -0.15) is 0 Å². The van der Waals surface area contributed by atoms with E-state index in [2.05, 4.69) is 21.2 Å². The number of aryl methyl sites for hydroxylation is 2. The smallest absolute Gasteiger partial charge is 0.261 e. The van der Waals surface area contributed by atoms with E-state index in [0.717, 1.165) is 21.2 Å². The van der Waals surface area contributed by atoms with Crippen LogP contribution in [0.4, 0.5) is 0 Å². The van der Waals surface area contributed by atoms with Crippen molar-refractivity contribution in [3.05, 3.63) is 57.6 Å². The van der Waals surface area contributed by atoms with Crippen molar-refractivity contribution >= 4 is 27.7 Å². The van der Waals surface area contributed by atoms with Crippen LogP contribution in [0.3, 0.4) is 0 Å². The zero-order valence-corrected chi connectivity index (χ0v) is 22.2. The summed E-state index contributed by atoms with van der Waals surface area (Å²) in [5.41, 5.74) is 2.53. The molecule has 0 saturated carbocycles. The summed E-state index contributed by atoms with van der Waals surface area (Å²) in [7, 11) is 1.60. The summed E-state index contributed by atoms with van der Waals surface area (Å²) < 4.78 is 12.2. The van der Waals surface area contributed by atoms with Crippen molar-refractivity contribution in [2.45, 2.75) is 66.1 Å². The van der Waals surface area contributed by atoms with Crippen molar-refractivity contribution in [2.75, 3.05) is 13.7 Å². The Bertz CT molecular complexity index is 961. The molecule has 0 radical (unpaired) electrons. The van der Waals surface area contributed by atoms with Crippen LogP contribution in [-0.4, -0.2) is 42.0 Å². The topological polar surface area (TPSA) is 67.9 Å². The first-order valence-electron chi connectivity index (χ1n) is 11.1. The first-order valence-corrected chi connectivity index (χ1v) is 11.9. The first-order chi connectivity index (χ1) is 15.4. The van der Waals surface area contributed by atoms with Gasteiger partial charge < -0.3 is 19.7 Å². The normalized spacial score (nSPS) is 12.1. The number of carbonyl (C=O) groups is 2. The van der Waals surface area contributed by atoms with Gasteiger partial charge >= 0.3 is 0 Å². The molecule has 33 heavy (non-hydrogen) atoms. The van der Waals surface area contributed by atoms with Crippen molar-refractivity contribution in [1.29, 1.82) is 0 Å². The SMILES string of the molecule is CC[C@H](C(=O)NC(C)(C)C)N(Cc1cccc(OC)c1)C(=O)COc1cc(C)c(Br)c(C)c1. The summed E-state index contributed by atoms with van der Waals surface area (Å²) in [5.74, 6) is 0.878. The summed E-state index contributed by atoms with van der Waals surface area (Å²) >= 11 is 3.55. The van der Waals surface area contributed by atoms with Gasteiger partial charge in [-0.3, -0.25) is 9.59 Å². The third-order valence-electron chi connectivity index (χ3n) is 5.14. The van der Waals surface area contributed by atoms with E-state index in [1.54, 1.807) is 12.0 Å². The Hall–Kier alpha value is -2.54. The molecule has 2 amide bonds. The number of nitrogens with zero attached hydrogens (tertiary/aromatic N) is 1. The number of hydrogen-bond donors (Lipinski definition) is 1. The van der Waals surface area contributed by atoms with Gasteiger partial charge in [0.25, 0.3) is 5.91 Å². The summed E-state index contributed by atoms with van der Waals surface area (Å²) in [6.45, 7) is 11.7. The lowest BCUT2D eigenvalue weighted by Gasteiger charge is -2.33. The Morgan fingerprint density at radius 3 is 2.27 bits per heavy atom. The van der Waals surface area contributed by atoms with E-state index in [-0.39, 0.29) is 25.0 Å². The Morgan fingerprint density at radius 2 is 1.73 bits per heavy atom. The molecular weight excluding hydrogens is 484 g/mol. The van der Waals surface area contributed by atoms with Gasteiger partial charge in [-0.15, -0.1) is 0 Å². The van der Waals surface area contributed by atoms with Crippen molar-refractivity contribution < 1.29 is 19.1 Å². The Morgan fingerprint density at radius 1 is 1.09 bits per heavy atom. The van der Waals surface area contributed by atoms with Crippen molar-refractivity contribution in [1.82, 2.24) is 10.2 Å². The molecule has 7 heteroatoms. The number of benzene rings is 2. The second kappa shape index (κ2) is 11.5. The molecule has 0 bridgehead atoms. The standard InChI is InChI=1S/C26H35BrN2O4/c1-8-22(25(31)28-26(4,5)6)29(15-19-10-9-11-20(14-19)32-7)23(30)16-33-21-12-17(2)24(27)18(3)13-21/h9-14,22H,8,15-16H2,1-7H3,(H,28,31)/t22-/m1/s1. The zero-order valence-electron chi connectivity index (χ0n) is 20.6. The number of ether oxygens (including phenoxy) is 2. The van der Waals surface area contributed by atoms with Crippen LogP contribution in [0.25, 0.3) is 0 Å². The number of rotatable bonds is 9. The lowest BCUT2D eigenvalue weighted by atomic mass is 10.1. The van der Waals surface area contributed by atoms with Crippen LogP contribution in [0.15, 0.2) is 40.9 Å². The largest absolute Gasteiger partial charge is 0.497 e. The minimum absolute atomic E-state index is 0.163. The number of hydrogen-bond acceptors (Lipinski definition) is 4. The fourth-order valence-electron chi connectivity index (χ4n) is 3.56. The van der Waals surface area contributed by atoms with Gasteiger partial charge in [0.1, 0.15) is 17.5 Å². The molecule has 2 rings (SSSR count). The molecule has 0 aliphatic heterocycles. The van der Waals surface area contributed by atoms with Gasteiger partial charge in [-0.25, -0.2) is 0 Å². The molecule has 2 aromatic carbocycles. The van der Waals surface area contributed by atoms with E-state index in [1.807, 2.05) is 77.9 Å². The van der Waals surface area contributed by atoms with Crippen LogP contribution in [0.1, 0.15) is 50.8 Å². The first kappa shape index (κ1) is 26.7. The van der Waals surface area contributed by atoms with E-state index in [9.17, 15) is 9.59 Å². The minimum Gasteiger partial charge on any atom is -0.497 e. The summed E-state index contributed by atoms with van der Waals surface area (Å²) in [5, 5.41) is 3.01. The molecule has 6 nitrogen and oxygen atoms in total. The Labute approximate surface area is 205 Å². The molecule has 0 unspecified atom stereocenters. The van der Waals surface area contributed by atoms with Crippen LogP contribution < -0.4 is 14.8 Å². The maximum Gasteiger partial charge on any atom is 0.261 e. The molecule has 0 heterocycles. The molecule has 1 N–H and O–H groups in total. The van der Waals surface area contributed by atoms with Gasteiger partial charge in [-0.1, -0.05) is 35.0 Å². The molecule has 0 aliphatic carbocycles. The van der Waals surface area contributed by atoms with Crippen LogP contribution in [0.2, 0.25) is 0 Å². The molecule has 0 aliphatic rings. The highest BCUT2D eigenvalue weighted by atomic mass is 79.9. The van der Waals surface area contributed by atoms with E-state index >= 15 is 0 Å². The molecule has 1 atom stereocenters. The fraction of sp³-hybridized carbons (Fsp3) is 0.462. The highest BCUT2D eigenvalue weighted by Crippen LogP contribution is 2.26. The lowest BCUT2D eigenvalue weighted by Crippen LogP contribution is -2.54. The number of halogens is 1. The predicted octanol–water partition coefficient (Wildman–Crippen LogP) is 5.18. The van der Waals surface area contributed by atoms with Crippen LogP contribution in [-0.2, 0) is 16.1 Å². The fourth-order valence-corrected chi connectivity index (χ4v) is 3.79. The zero-order chi connectivity index (χ0) is 24.8. The van der Waals surface area contributed by atoms with Gasteiger partial charge in [0.05, 0.1) is 7.11 Å². The summed E-state index contributed by atoms with van der Waals surface area (Å²) in [6, 6.07) is 10.7. The number of carbonyl (C=O) groups excluding carboxylic acids is 2. The number of amides is 2. The van der Waals surface area contributed by atoms with Crippen LogP contribution >= 0.6 is 15.9 Å². The Kier molecular flexibility index (Phi) is 9.35. The van der Waals surface area contributed by atoms with Gasteiger partial charge in [0.15, 0.2) is 6.61 Å². The minimum atomic E-state index is -0.625. The second-order valence-electron chi connectivity index (χ2n) is 9.20. The van der Waals surface area contributed by atoms with Gasteiger partial charge in [-0.05, 0) is 82.0 Å². The number of methoxy groups -OCH3 is 1. The van der Waals surface area contributed by atoms with Crippen molar-refractivity contribution in [3.63, 3.8) is 0 Å². The summed E-state index contributed by atoms with van der Waals surface area (Å²) in [6.07, 6.45) is 0.480. The van der Waals surface area contributed by atoms with E-state index < -0.39 is 11.6 Å². The monoisotopic (exact) mass is 518 g/mol. The molecule has 0 spiro atoms. The highest BCUT2D eigenvalue weighted by molar-refractivity contribution is 9.10. The predicted molar refractivity (Wildman–Crippen MR) is 135 cm³/mol. The molecule has 0 aromatic heterocycles. The second-order valence-corrected chi connectivity index (χ2v) is 9.99. The van der Waals surface area contributed by atoms with Gasteiger partial charge in [0, 0.05) is 16.6 Å². The maximum atomic E-state index is 13.4. The Balaban J connectivity index is 2.29. The van der Waals surface area contributed by atoms with E-state index in [4.69, 9.17) is 9.47 Å². The molecule has 0 saturated heterocycles. The van der Waals surface area contributed by atoms with Gasteiger partial charge in [0.2, 0.25) is 5.91 Å². The summed E-state index contributed by atoms with van der Waals surface area (Å²) in [4.78, 5) is 28.0.